The monoisotopic (exact) mass is 563 g/mol. The number of fused-ring (bicyclic) bond motifs is 3. The van der Waals surface area contributed by atoms with Crippen LogP contribution in [0.2, 0.25) is 0 Å². The quantitative estimate of drug-likeness (QED) is 0.323. The first-order valence-corrected chi connectivity index (χ1v) is 13.0. The highest BCUT2D eigenvalue weighted by Crippen LogP contribution is 2.38. The van der Waals surface area contributed by atoms with Gasteiger partial charge in [-0.05, 0) is 50.6 Å². The minimum absolute atomic E-state index is 0.0137. The minimum atomic E-state index is -4.90. The van der Waals surface area contributed by atoms with Crippen molar-refractivity contribution in [2.75, 3.05) is 56.7 Å². The first-order valence-electron chi connectivity index (χ1n) is 13.0. The van der Waals surface area contributed by atoms with Gasteiger partial charge < -0.3 is 24.6 Å². The highest BCUT2D eigenvalue weighted by atomic mass is 19.4. The highest BCUT2D eigenvalue weighted by Gasteiger charge is 2.33. The van der Waals surface area contributed by atoms with Gasteiger partial charge in [-0.1, -0.05) is 0 Å². The third-order valence-electron chi connectivity index (χ3n) is 6.85. The lowest BCUT2D eigenvalue weighted by molar-refractivity contribution is -0.274. The Hall–Kier alpha value is -3.94. The molecule has 40 heavy (non-hydrogen) atoms. The van der Waals surface area contributed by atoms with E-state index in [9.17, 15) is 22.4 Å². The first kappa shape index (κ1) is 27.6. The molecule has 0 unspecified atom stereocenters. The summed E-state index contributed by atoms with van der Waals surface area (Å²) >= 11 is 0. The molecular formula is C26H29F4N7O3. The van der Waals surface area contributed by atoms with Gasteiger partial charge in [0.05, 0.1) is 30.2 Å². The zero-order chi connectivity index (χ0) is 28.4. The molecule has 10 nitrogen and oxygen atoms in total. The van der Waals surface area contributed by atoms with Gasteiger partial charge in [-0.2, -0.15) is 5.10 Å². The Morgan fingerprint density at radius 2 is 1.93 bits per heavy atom. The molecule has 1 aliphatic heterocycles. The molecule has 0 radical (unpaired) electrons. The van der Waals surface area contributed by atoms with E-state index >= 15 is 0 Å². The maximum absolute atomic E-state index is 13.4. The third-order valence-corrected chi connectivity index (χ3v) is 6.85. The van der Waals surface area contributed by atoms with Crippen molar-refractivity contribution in [3.63, 3.8) is 0 Å². The van der Waals surface area contributed by atoms with Gasteiger partial charge in [0.25, 0.3) is 0 Å². The predicted molar refractivity (Wildman–Crippen MR) is 139 cm³/mol. The van der Waals surface area contributed by atoms with Crippen LogP contribution in [0.4, 0.5) is 34.9 Å². The molecule has 3 aromatic rings. The fraction of sp³-hybridized carbons (Fsp3) is 0.462. The Morgan fingerprint density at radius 3 is 2.62 bits per heavy atom. The largest absolute Gasteiger partial charge is 0.573 e. The van der Waals surface area contributed by atoms with Crippen molar-refractivity contribution in [2.45, 2.75) is 32.7 Å². The maximum atomic E-state index is 13.4. The molecule has 0 saturated carbocycles. The van der Waals surface area contributed by atoms with Crippen LogP contribution >= 0.6 is 0 Å². The minimum Gasteiger partial charge on any atom is -0.461 e. The van der Waals surface area contributed by atoms with Gasteiger partial charge in [0.1, 0.15) is 6.67 Å². The average Bonchev–Trinajstić information content (AvgIpc) is 3.29. The topological polar surface area (TPSA) is 97.6 Å². The number of esters is 1. The van der Waals surface area contributed by atoms with Crippen LogP contribution in [0.3, 0.4) is 0 Å². The standard InChI is InChI=1S/C26H29F4N7O3/c1-3-39-24(38)22-18-6-4-16-15-31-25(33-21(16)23(18)37(34-22)9-8-27)32-19-14-17(36-12-10-35(2)11-13-36)5-7-20(19)40-26(28,29)30/h5,7,14-15H,3-4,6,8-13H2,1-2H3,(H,31,32,33). The average molecular weight is 564 g/mol. The zero-order valence-electron chi connectivity index (χ0n) is 22.1. The van der Waals surface area contributed by atoms with Gasteiger partial charge in [0, 0.05) is 43.6 Å². The van der Waals surface area contributed by atoms with E-state index < -0.39 is 24.8 Å². The maximum Gasteiger partial charge on any atom is 0.573 e. The summed E-state index contributed by atoms with van der Waals surface area (Å²) in [6, 6.07) is 4.43. The summed E-state index contributed by atoms with van der Waals surface area (Å²) in [5.41, 5.74) is 3.08. The lowest BCUT2D eigenvalue weighted by Crippen LogP contribution is -2.44. The molecule has 1 N–H and O–H groups in total. The Balaban J connectivity index is 1.52. The van der Waals surface area contributed by atoms with E-state index in [1.165, 1.54) is 10.7 Å². The van der Waals surface area contributed by atoms with Gasteiger partial charge in [0.15, 0.2) is 11.4 Å². The van der Waals surface area contributed by atoms with Crippen molar-refractivity contribution < 1.29 is 31.8 Å². The molecule has 3 heterocycles. The second kappa shape index (κ2) is 11.3. The molecule has 0 spiro atoms. The van der Waals surface area contributed by atoms with Crippen LogP contribution in [-0.2, 0) is 24.1 Å². The molecule has 2 aliphatic rings. The Kier molecular flexibility index (Phi) is 7.79. The van der Waals surface area contributed by atoms with E-state index in [-0.39, 0.29) is 30.5 Å². The van der Waals surface area contributed by atoms with Crippen LogP contribution < -0.4 is 15.0 Å². The van der Waals surface area contributed by atoms with Crippen LogP contribution in [0.5, 0.6) is 5.75 Å². The first-order chi connectivity index (χ1) is 19.2. The molecule has 1 aromatic carbocycles. The summed E-state index contributed by atoms with van der Waals surface area (Å²) in [5.74, 6) is -1.03. The van der Waals surface area contributed by atoms with Crippen molar-refractivity contribution in [1.29, 1.82) is 0 Å². The second-order valence-corrected chi connectivity index (χ2v) is 9.52. The molecule has 0 bridgehead atoms. The van der Waals surface area contributed by atoms with E-state index in [4.69, 9.17) is 4.74 Å². The predicted octanol–water partition coefficient (Wildman–Crippen LogP) is 3.98. The number of hydrogen-bond acceptors (Lipinski definition) is 9. The van der Waals surface area contributed by atoms with Crippen molar-refractivity contribution >= 4 is 23.3 Å². The van der Waals surface area contributed by atoms with Crippen LogP contribution in [0.15, 0.2) is 24.4 Å². The molecule has 0 atom stereocenters. The number of halogens is 4. The van der Waals surface area contributed by atoms with E-state index in [1.54, 1.807) is 25.3 Å². The molecule has 1 aliphatic carbocycles. The Morgan fingerprint density at radius 1 is 1.15 bits per heavy atom. The number of aryl methyl sites for hydroxylation is 2. The van der Waals surface area contributed by atoms with E-state index in [1.807, 2.05) is 7.05 Å². The number of likely N-dealkylation sites (N-methyl/N-ethyl adjacent to an activating group) is 1. The number of ether oxygens (including phenoxy) is 2. The number of aromatic nitrogens is 4. The zero-order valence-corrected chi connectivity index (χ0v) is 22.1. The van der Waals surface area contributed by atoms with E-state index in [2.05, 4.69) is 34.9 Å². The normalized spacial score (nSPS) is 15.4. The van der Waals surface area contributed by atoms with Crippen LogP contribution in [0.1, 0.15) is 28.5 Å². The summed E-state index contributed by atoms with van der Waals surface area (Å²) in [5, 5.41) is 7.19. The highest BCUT2D eigenvalue weighted by molar-refractivity contribution is 5.91. The van der Waals surface area contributed by atoms with E-state index in [0.29, 0.717) is 29.8 Å². The fourth-order valence-electron chi connectivity index (χ4n) is 4.93. The van der Waals surface area contributed by atoms with Crippen LogP contribution in [0, 0.1) is 0 Å². The smallest absolute Gasteiger partial charge is 0.461 e. The summed E-state index contributed by atoms with van der Waals surface area (Å²) in [7, 11) is 2.01. The van der Waals surface area contributed by atoms with Crippen molar-refractivity contribution in [1.82, 2.24) is 24.6 Å². The van der Waals surface area contributed by atoms with Crippen LogP contribution in [0.25, 0.3) is 11.4 Å². The number of alkyl halides is 4. The van der Waals surface area contributed by atoms with Gasteiger partial charge >= 0.3 is 12.3 Å². The SMILES string of the molecule is CCOC(=O)c1nn(CCF)c2c1CCc1cnc(Nc3cc(N4CCN(C)CC4)ccc3OC(F)(F)F)nc1-2. The van der Waals surface area contributed by atoms with Gasteiger partial charge in [-0.15, -0.1) is 13.2 Å². The summed E-state index contributed by atoms with van der Waals surface area (Å²) < 4.78 is 63.8. The number of carbonyl (C=O) groups excluding carboxylic acids is 1. The van der Waals surface area contributed by atoms with Crippen molar-refractivity contribution in [2.24, 2.45) is 0 Å². The number of hydrogen-bond donors (Lipinski definition) is 1. The van der Waals surface area contributed by atoms with Crippen LogP contribution in [-0.4, -0.2) is 83.5 Å². The molecule has 1 saturated heterocycles. The molecular weight excluding hydrogens is 534 g/mol. The number of piperazine rings is 1. The summed E-state index contributed by atoms with van der Waals surface area (Å²) in [4.78, 5) is 25.7. The number of carbonyl (C=O) groups is 1. The Labute approximate surface area is 227 Å². The molecule has 0 amide bonds. The number of anilines is 3. The molecule has 14 heteroatoms. The number of nitrogens with zero attached hydrogens (tertiary/aromatic N) is 6. The lowest BCUT2D eigenvalue weighted by Gasteiger charge is -2.34. The number of benzene rings is 1. The molecule has 2 aromatic heterocycles. The van der Waals surface area contributed by atoms with E-state index in [0.717, 1.165) is 37.4 Å². The third kappa shape index (κ3) is 5.81. The molecule has 1 fully saturated rings. The molecule has 5 rings (SSSR count). The fourth-order valence-corrected chi connectivity index (χ4v) is 4.93. The number of nitrogens with one attached hydrogen (secondary N) is 1. The second-order valence-electron chi connectivity index (χ2n) is 9.52. The van der Waals surface area contributed by atoms with Gasteiger partial charge in [-0.25, -0.2) is 19.2 Å². The summed E-state index contributed by atoms with van der Waals surface area (Å²) in [6.45, 7) is 4.08. The Bertz CT molecular complexity index is 1390. The summed E-state index contributed by atoms with van der Waals surface area (Å²) in [6.07, 6.45) is -2.38. The molecule has 214 valence electrons. The van der Waals surface area contributed by atoms with Gasteiger partial charge in [-0.3, -0.25) is 4.68 Å². The number of rotatable bonds is 8. The lowest BCUT2D eigenvalue weighted by atomic mass is 9.93. The van der Waals surface area contributed by atoms with Gasteiger partial charge in [0.2, 0.25) is 5.95 Å². The van der Waals surface area contributed by atoms with Crippen molar-refractivity contribution in [3.05, 3.63) is 41.2 Å². The van der Waals surface area contributed by atoms with Crippen molar-refractivity contribution in [3.8, 4) is 17.1 Å².